The van der Waals surface area contributed by atoms with Gasteiger partial charge in [-0.25, -0.2) is 0 Å². The van der Waals surface area contributed by atoms with Crippen molar-refractivity contribution in [2.75, 3.05) is 20.3 Å². The highest BCUT2D eigenvalue weighted by Crippen LogP contribution is 2.10. The number of methoxy groups -OCH3 is 1. The molecule has 0 radical (unpaired) electrons. The molecule has 1 atom stereocenters. The number of hydrogen-bond acceptors (Lipinski definition) is 5. The quantitative estimate of drug-likeness (QED) is 0.292. The second-order valence-electron chi connectivity index (χ2n) is 5.07. The van der Waals surface area contributed by atoms with E-state index in [-0.39, 0.29) is 35.9 Å². The van der Waals surface area contributed by atoms with Crippen LogP contribution in [0.4, 0.5) is 0 Å². The average molecular weight is 411 g/mol. The van der Waals surface area contributed by atoms with Crippen LogP contribution >= 0.6 is 24.0 Å². The summed E-state index contributed by atoms with van der Waals surface area (Å²) in [4.78, 5) is 8.55. The Labute approximate surface area is 143 Å². The third kappa shape index (κ3) is 8.20. The maximum absolute atomic E-state index is 5.76. The van der Waals surface area contributed by atoms with Crippen molar-refractivity contribution in [2.24, 2.45) is 10.7 Å². The van der Waals surface area contributed by atoms with Gasteiger partial charge in [0.2, 0.25) is 5.89 Å². The van der Waals surface area contributed by atoms with Gasteiger partial charge in [-0.2, -0.15) is 4.98 Å². The van der Waals surface area contributed by atoms with Gasteiger partial charge in [-0.15, -0.1) is 24.0 Å². The first kappa shape index (κ1) is 20.1. The Kier molecular flexibility index (Phi) is 10.3. The number of nitrogens with zero attached hydrogens (tertiary/aromatic N) is 3. The predicted octanol–water partition coefficient (Wildman–Crippen LogP) is 1.68. The van der Waals surface area contributed by atoms with Crippen LogP contribution in [0.15, 0.2) is 9.52 Å². The molecule has 1 aromatic heterocycles. The van der Waals surface area contributed by atoms with Crippen LogP contribution in [-0.4, -0.2) is 42.4 Å². The lowest BCUT2D eigenvalue weighted by atomic mass is 10.2. The fourth-order valence-corrected chi connectivity index (χ4v) is 1.62. The van der Waals surface area contributed by atoms with Gasteiger partial charge < -0.3 is 20.3 Å². The van der Waals surface area contributed by atoms with Crippen LogP contribution in [0.5, 0.6) is 0 Å². The first-order valence-corrected chi connectivity index (χ1v) is 6.90. The first-order chi connectivity index (χ1) is 9.52. The summed E-state index contributed by atoms with van der Waals surface area (Å²) in [6.07, 6.45) is 1.53. The Hall–Kier alpha value is -0.900. The van der Waals surface area contributed by atoms with Crippen molar-refractivity contribution in [3.8, 4) is 0 Å². The van der Waals surface area contributed by atoms with E-state index in [4.69, 9.17) is 15.0 Å². The molecule has 0 fully saturated rings. The lowest BCUT2D eigenvalue weighted by Crippen LogP contribution is -2.40. The molecular formula is C13H26IN5O2. The molecule has 3 N–H and O–H groups in total. The summed E-state index contributed by atoms with van der Waals surface area (Å²) in [5.41, 5.74) is 5.76. The molecule has 0 bridgehead atoms. The van der Waals surface area contributed by atoms with Gasteiger partial charge in [0.15, 0.2) is 11.8 Å². The Balaban J connectivity index is 0.00000400. The van der Waals surface area contributed by atoms with E-state index in [1.165, 1.54) is 0 Å². The molecule has 0 saturated carbocycles. The molecule has 0 aliphatic rings. The zero-order valence-electron chi connectivity index (χ0n) is 13.1. The third-order valence-corrected chi connectivity index (χ3v) is 2.64. The van der Waals surface area contributed by atoms with Gasteiger partial charge in [0.1, 0.15) is 0 Å². The summed E-state index contributed by atoms with van der Waals surface area (Å²) in [6, 6.07) is 0.147. The van der Waals surface area contributed by atoms with E-state index in [1.807, 2.05) is 20.8 Å². The smallest absolute Gasteiger partial charge is 0.226 e. The van der Waals surface area contributed by atoms with E-state index in [1.54, 1.807) is 7.11 Å². The average Bonchev–Trinajstić information content (AvgIpc) is 2.83. The van der Waals surface area contributed by atoms with Gasteiger partial charge in [-0.3, -0.25) is 4.99 Å². The zero-order valence-corrected chi connectivity index (χ0v) is 15.5. The van der Waals surface area contributed by atoms with E-state index in [9.17, 15) is 0 Å². The highest BCUT2D eigenvalue weighted by molar-refractivity contribution is 14.0. The second kappa shape index (κ2) is 10.8. The molecule has 1 aromatic rings. The second-order valence-corrected chi connectivity index (χ2v) is 5.07. The number of aromatic nitrogens is 2. The van der Waals surface area contributed by atoms with Gasteiger partial charge in [0, 0.05) is 32.0 Å². The van der Waals surface area contributed by atoms with Crippen LogP contribution in [0.25, 0.3) is 0 Å². The van der Waals surface area contributed by atoms with Crippen LogP contribution in [0.3, 0.4) is 0 Å². The fourth-order valence-electron chi connectivity index (χ4n) is 1.62. The van der Waals surface area contributed by atoms with Gasteiger partial charge in [0.05, 0.1) is 6.61 Å². The molecule has 21 heavy (non-hydrogen) atoms. The van der Waals surface area contributed by atoms with E-state index >= 15 is 0 Å². The van der Waals surface area contributed by atoms with Gasteiger partial charge in [-0.05, 0) is 13.3 Å². The minimum atomic E-state index is 0. The SMILES string of the molecule is COCC(C)NC(N)=NCCCc1nc(C(C)C)no1.I. The molecule has 1 unspecified atom stereocenters. The summed E-state index contributed by atoms with van der Waals surface area (Å²) in [6.45, 7) is 7.27. The molecule has 1 rings (SSSR count). The molecule has 0 spiro atoms. The zero-order chi connectivity index (χ0) is 15.0. The lowest BCUT2D eigenvalue weighted by Gasteiger charge is -2.12. The van der Waals surface area contributed by atoms with Crippen molar-refractivity contribution in [1.82, 2.24) is 15.5 Å². The summed E-state index contributed by atoms with van der Waals surface area (Å²) in [7, 11) is 1.65. The summed E-state index contributed by atoms with van der Waals surface area (Å²) < 4.78 is 10.2. The van der Waals surface area contributed by atoms with Crippen molar-refractivity contribution in [1.29, 1.82) is 0 Å². The Morgan fingerprint density at radius 2 is 2.14 bits per heavy atom. The number of halogens is 1. The standard InChI is InChI=1S/C13H25N5O2.HI/c1-9(2)12-17-11(20-18-12)6-5-7-15-13(14)16-10(3)8-19-4;/h9-10H,5-8H2,1-4H3,(H3,14,15,16);1H. The fraction of sp³-hybridized carbons (Fsp3) is 0.769. The largest absolute Gasteiger partial charge is 0.383 e. The number of aliphatic imine (C=N–C) groups is 1. The maximum Gasteiger partial charge on any atom is 0.226 e. The molecule has 1 heterocycles. The number of hydrogen-bond donors (Lipinski definition) is 2. The third-order valence-electron chi connectivity index (χ3n) is 2.64. The predicted molar refractivity (Wildman–Crippen MR) is 93.1 cm³/mol. The van der Waals surface area contributed by atoms with Crippen molar-refractivity contribution < 1.29 is 9.26 Å². The topological polar surface area (TPSA) is 98.6 Å². The van der Waals surface area contributed by atoms with E-state index < -0.39 is 0 Å². The van der Waals surface area contributed by atoms with Crippen molar-refractivity contribution in [3.63, 3.8) is 0 Å². The van der Waals surface area contributed by atoms with E-state index in [0.717, 1.165) is 12.2 Å². The molecular weight excluding hydrogens is 385 g/mol. The van der Waals surface area contributed by atoms with Crippen LogP contribution in [-0.2, 0) is 11.2 Å². The van der Waals surface area contributed by atoms with Gasteiger partial charge in [0.25, 0.3) is 0 Å². The summed E-state index contributed by atoms with van der Waals surface area (Å²) in [5.74, 6) is 2.12. The van der Waals surface area contributed by atoms with Crippen LogP contribution in [0, 0.1) is 0 Å². The number of rotatable bonds is 8. The van der Waals surface area contributed by atoms with Crippen molar-refractivity contribution in [3.05, 3.63) is 11.7 Å². The number of aryl methyl sites for hydroxylation is 1. The molecule has 7 nitrogen and oxygen atoms in total. The van der Waals surface area contributed by atoms with Gasteiger partial charge in [-0.1, -0.05) is 19.0 Å². The molecule has 0 aliphatic heterocycles. The van der Waals surface area contributed by atoms with E-state index in [0.29, 0.717) is 31.4 Å². The summed E-state index contributed by atoms with van der Waals surface area (Å²) in [5, 5.41) is 6.97. The molecule has 0 aliphatic carbocycles. The lowest BCUT2D eigenvalue weighted by molar-refractivity contribution is 0.179. The highest BCUT2D eigenvalue weighted by Gasteiger charge is 2.08. The Morgan fingerprint density at radius 3 is 2.71 bits per heavy atom. The van der Waals surface area contributed by atoms with Crippen LogP contribution < -0.4 is 11.1 Å². The number of guanidine groups is 1. The van der Waals surface area contributed by atoms with E-state index in [2.05, 4.69) is 20.4 Å². The molecule has 8 heteroatoms. The number of nitrogens with one attached hydrogen (secondary N) is 1. The first-order valence-electron chi connectivity index (χ1n) is 6.90. The van der Waals surface area contributed by atoms with Crippen LogP contribution in [0.2, 0.25) is 0 Å². The van der Waals surface area contributed by atoms with Crippen molar-refractivity contribution >= 4 is 29.9 Å². The van der Waals surface area contributed by atoms with Crippen LogP contribution in [0.1, 0.15) is 44.8 Å². The number of ether oxygens (including phenoxy) is 1. The Morgan fingerprint density at radius 1 is 1.43 bits per heavy atom. The molecule has 0 saturated heterocycles. The highest BCUT2D eigenvalue weighted by atomic mass is 127. The molecule has 0 amide bonds. The Bertz CT molecular complexity index is 422. The normalized spacial score (nSPS) is 13.1. The molecule has 122 valence electrons. The minimum absolute atomic E-state index is 0. The monoisotopic (exact) mass is 411 g/mol. The molecule has 0 aromatic carbocycles. The van der Waals surface area contributed by atoms with Crippen molar-refractivity contribution in [2.45, 2.75) is 45.6 Å². The summed E-state index contributed by atoms with van der Waals surface area (Å²) >= 11 is 0. The van der Waals surface area contributed by atoms with Gasteiger partial charge >= 0.3 is 0 Å². The maximum atomic E-state index is 5.76. The minimum Gasteiger partial charge on any atom is -0.383 e. The number of nitrogens with two attached hydrogens (primary N) is 1.